The van der Waals surface area contributed by atoms with E-state index in [0.717, 1.165) is 11.4 Å². The Morgan fingerprint density at radius 3 is 2.54 bits per heavy atom. The number of aromatic nitrogens is 2. The van der Waals surface area contributed by atoms with Gasteiger partial charge >= 0.3 is 0 Å². The fraction of sp³-hybridized carbons (Fsp3) is 0.357. The molecule has 0 saturated heterocycles. The predicted molar refractivity (Wildman–Crippen MR) is 142 cm³/mol. The maximum atomic E-state index is 13.9. The van der Waals surface area contributed by atoms with Crippen molar-refractivity contribution in [2.75, 3.05) is 24.3 Å². The van der Waals surface area contributed by atoms with E-state index in [0.29, 0.717) is 36.4 Å². The summed E-state index contributed by atoms with van der Waals surface area (Å²) in [5.74, 6) is -1.19. The third kappa shape index (κ3) is 5.33. The molecule has 0 aliphatic carbocycles. The molecule has 3 atom stereocenters. The van der Waals surface area contributed by atoms with Gasteiger partial charge in [0.05, 0.1) is 17.1 Å². The second kappa shape index (κ2) is 11.5. The van der Waals surface area contributed by atoms with Crippen molar-refractivity contribution in [2.45, 2.75) is 38.9 Å². The first kappa shape index (κ1) is 26.2. The average Bonchev–Trinajstić information content (AvgIpc) is 3.12. The highest BCUT2D eigenvalue weighted by atomic mass is 16.7. The lowest BCUT2D eigenvalue weighted by atomic mass is 9.80. The molecule has 0 radical (unpaired) electrons. The van der Waals surface area contributed by atoms with Crippen molar-refractivity contribution >= 4 is 17.3 Å². The normalized spacial score (nSPS) is 19.2. The SMILES string of the molecule is CCO[C@H]1OC(C(=O)Nc2ccccc2N)=C[C@@H](c2c(C)n(C)n(-c3ccccc3)c2=O)[C@@H]1CCCO. The minimum Gasteiger partial charge on any atom is -0.459 e. The van der Waals surface area contributed by atoms with E-state index in [1.54, 1.807) is 35.0 Å². The largest absolute Gasteiger partial charge is 0.459 e. The van der Waals surface area contributed by atoms with Crippen LogP contribution in [0.15, 0.2) is 71.2 Å². The summed E-state index contributed by atoms with van der Waals surface area (Å²) in [7, 11) is 1.84. The van der Waals surface area contributed by atoms with Gasteiger partial charge in [-0.15, -0.1) is 0 Å². The molecule has 0 fully saturated rings. The van der Waals surface area contributed by atoms with Crippen LogP contribution in [0, 0.1) is 12.8 Å². The molecule has 0 spiro atoms. The Labute approximate surface area is 216 Å². The van der Waals surface area contributed by atoms with Gasteiger partial charge in [0.1, 0.15) is 0 Å². The molecule has 4 rings (SSSR count). The molecule has 1 aromatic heterocycles. The van der Waals surface area contributed by atoms with E-state index < -0.39 is 18.1 Å². The molecule has 196 valence electrons. The van der Waals surface area contributed by atoms with Crippen LogP contribution in [-0.2, 0) is 21.3 Å². The molecule has 2 aromatic carbocycles. The van der Waals surface area contributed by atoms with Gasteiger partial charge in [0, 0.05) is 43.4 Å². The molecule has 4 N–H and O–H groups in total. The first-order chi connectivity index (χ1) is 17.9. The second-order valence-electron chi connectivity index (χ2n) is 9.04. The Balaban J connectivity index is 1.82. The van der Waals surface area contributed by atoms with Gasteiger partial charge in [0.15, 0.2) is 5.76 Å². The molecule has 0 bridgehead atoms. The molecule has 3 aromatic rings. The van der Waals surface area contributed by atoms with Crippen LogP contribution in [0.25, 0.3) is 5.69 Å². The highest BCUT2D eigenvalue weighted by Crippen LogP contribution is 2.40. The minimum atomic E-state index is -0.774. The maximum absolute atomic E-state index is 13.9. The van der Waals surface area contributed by atoms with E-state index in [-0.39, 0.29) is 23.8 Å². The summed E-state index contributed by atoms with van der Waals surface area (Å²) in [5, 5.41) is 12.4. The van der Waals surface area contributed by atoms with Crippen molar-refractivity contribution in [3.63, 3.8) is 0 Å². The van der Waals surface area contributed by atoms with Crippen molar-refractivity contribution in [1.29, 1.82) is 0 Å². The number of carbonyl (C=O) groups excluding carboxylic acids is 1. The zero-order valence-corrected chi connectivity index (χ0v) is 21.4. The zero-order valence-electron chi connectivity index (χ0n) is 21.4. The summed E-state index contributed by atoms with van der Waals surface area (Å²) in [6.07, 6.45) is 1.97. The number of nitrogens with two attached hydrogens (primary N) is 1. The molecule has 1 aliphatic rings. The molecule has 1 amide bonds. The summed E-state index contributed by atoms with van der Waals surface area (Å²) in [6.45, 7) is 4.09. The van der Waals surface area contributed by atoms with Gasteiger partial charge in [-0.1, -0.05) is 30.3 Å². The Morgan fingerprint density at radius 2 is 1.86 bits per heavy atom. The van der Waals surface area contributed by atoms with E-state index in [4.69, 9.17) is 15.2 Å². The average molecular weight is 507 g/mol. The Kier molecular flexibility index (Phi) is 8.15. The van der Waals surface area contributed by atoms with Gasteiger partial charge < -0.3 is 25.6 Å². The van der Waals surface area contributed by atoms with E-state index in [9.17, 15) is 14.7 Å². The van der Waals surface area contributed by atoms with Gasteiger partial charge in [-0.25, -0.2) is 4.68 Å². The van der Waals surface area contributed by atoms with E-state index >= 15 is 0 Å². The lowest BCUT2D eigenvalue weighted by molar-refractivity contribution is -0.165. The van der Waals surface area contributed by atoms with Gasteiger partial charge in [-0.05, 0) is 57.0 Å². The monoisotopic (exact) mass is 506 g/mol. The van der Waals surface area contributed by atoms with Crippen molar-refractivity contribution in [3.8, 4) is 5.69 Å². The van der Waals surface area contributed by atoms with E-state index in [1.165, 1.54) is 0 Å². The topological polar surface area (TPSA) is 121 Å². The molecule has 9 nitrogen and oxygen atoms in total. The molecule has 37 heavy (non-hydrogen) atoms. The summed E-state index contributed by atoms with van der Waals surface area (Å²) in [6, 6.07) is 16.4. The number of hydrogen-bond donors (Lipinski definition) is 3. The standard InChI is InChI=1S/C28H34N4O5/c1-4-36-28-20(13-10-16-33)21(17-24(37-28)26(34)30-23-15-9-8-14-22(23)29)25-18(2)31(3)32(27(25)35)19-11-6-5-7-12-19/h5-9,11-12,14-15,17,20-21,28,33H,4,10,13,16,29H2,1-3H3,(H,30,34)/t20-,21+,28-/m0/s1. The Hall–Kier alpha value is -3.82. The van der Waals surface area contributed by atoms with Crippen molar-refractivity contribution in [2.24, 2.45) is 13.0 Å². The van der Waals surface area contributed by atoms with Crippen LogP contribution < -0.4 is 16.6 Å². The van der Waals surface area contributed by atoms with Crippen LogP contribution in [0.3, 0.4) is 0 Å². The number of rotatable bonds is 9. The van der Waals surface area contributed by atoms with Crippen LogP contribution in [0.2, 0.25) is 0 Å². The van der Waals surface area contributed by atoms with Gasteiger partial charge in [-0.2, -0.15) is 0 Å². The molecule has 0 saturated carbocycles. The number of anilines is 2. The molecule has 1 aliphatic heterocycles. The number of aliphatic hydroxyl groups is 1. The first-order valence-corrected chi connectivity index (χ1v) is 12.5. The quantitative estimate of drug-likeness (QED) is 0.382. The van der Waals surface area contributed by atoms with Crippen LogP contribution in [0.1, 0.15) is 36.9 Å². The Bertz CT molecular complexity index is 1330. The fourth-order valence-electron chi connectivity index (χ4n) is 4.87. The number of nitrogens with zero attached hydrogens (tertiary/aromatic N) is 2. The number of ether oxygens (including phenoxy) is 2. The summed E-state index contributed by atoms with van der Waals surface area (Å²) < 4.78 is 15.4. The zero-order chi connectivity index (χ0) is 26.5. The second-order valence-corrected chi connectivity index (χ2v) is 9.04. The molecular weight excluding hydrogens is 472 g/mol. The van der Waals surface area contributed by atoms with Crippen LogP contribution in [-0.4, -0.2) is 39.9 Å². The lowest BCUT2D eigenvalue weighted by Gasteiger charge is -2.36. The number of carbonyl (C=O) groups is 1. The maximum Gasteiger partial charge on any atom is 0.290 e. The number of aliphatic hydroxyl groups excluding tert-OH is 1. The fourth-order valence-corrected chi connectivity index (χ4v) is 4.87. The number of nitrogen functional groups attached to an aromatic ring is 1. The number of para-hydroxylation sites is 3. The molecule has 2 heterocycles. The molecule has 9 heteroatoms. The smallest absolute Gasteiger partial charge is 0.290 e. The number of nitrogens with one attached hydrogen (secondary N) is 1. The molecule has 0 unspecified atom stereocenters. The predicted octanol–water partition coefficient (Wildman–Crippen LogP) is 3.45. The number of benzene rings is 2. The highest BCUT2D eigenvalue weighted by Gasteiger charge is 2.40. The first-order valence-electron chi connectivity index (χ1n) is 12.5. The minimum absolute atomic E-state index is 0.00553. The lowest BCUT2D eigenvalue weighted by Crippen LogP contribution is -2.39. The highest BCUT2D eigenvalue weighted by molar-refractivity contribution is 6.04. The summed E-state index contributed by atoms with van der Waals surface area (Å²) >= 11 is 0. The number of allylic oxidation sites excluding steroid dienone is 1. The van der Waals surface area contributed by atoms with E-state index in [1.807, 2.05) is 55.9 Å². The number of hydrogen-bond acceptors (Lipinski definition) is 6. The Morgan fingerprint density at radius 1 is 1.16 bits per heavy atom. The van der Waals surface area contributed by atoms with Crippen LogP contribution in [0.4, 0.5) is 11.4 Å². The van der Waals surface area contributed by atoms with Gasteiger partial charge in [0.25, 0.3) is 11.5 Å². The third-order valence-corrected chi connectivity index (χ3v) is 6.78. The summed E-state index contributed by atoms with van der Waals surface area (Å²) in [4.78, 5) is 27.2. The third-order valence-electron chi connectivity index (χ3n) is 6.78. The summed E-state index contributed by atoms with van der Waals surface area (Å²) in [5.41, 5.74) is 8.80. The van der Waals surface area contributed by atoms with Gasteiger partial charge in [0.2, 0.25) is 6.29 Å². The van der Waals surface area contributed by atoms with E-state index in [2.05, 4.69) is 5.32 Å². The molecular formula is C28H34N4O5. The van der Waals surface area contributed by atoms with Crippen LogP contribution >= 0.6 is 0 Å². The van der Waals surface area contributed by atoms with Crippen LogP contribution in [0.5, 0.6) is 0 Å². The van der Waals surface area contributed by atoms with Crippen molar-refractivity contribution < 1.29 is 19.4 Å². The van der Waals surface area contributed by atoms with Gasteiger partial charge in [-0.3, -0.25) is 14.3 Å². The van der Waals surface area contributed by atoms with Crippen molar-refractivity contribution in [3.05, 3.63) is 88.0 Å². The number of amides is 1. The van der Waals surface area contributed by atoms with Crippen molar-refractivity contribution in [1.82, 2.24) is 9.36 Å².